The number of hydrogen-bond acceptors (Lipinski definition) is 5. The monoisotopic (exact) mass is 476 g/mol. The van der Waals surface area contributed by atoms with Crippen molar-refractivity contribution in [1.29, 1.82) is 0 Å². The molecule has 2 aliphatic heterocycles. The van der Waals surface area contributed by atoms with Gasteiger partial charge in [-0.25, -0.2) is 0 Å². The summed E-state index contributed by atoms with van der Waals surface area (Å²) in [6.07, 6.45) is 2.54. The molecule has 1 aliphatic carbocycles. The normalized spacial score (nSPS) is 26.1. The summed E-state index contributed by atoms with van der Waals surface area (Å²) < 4.78 is 6.11. The maximum absolute atomic E-state index is 13.8. The maximum atomic E-state index is 13.8. The molecule has 1 saturated heterocycles. The zero-order valence-corrected chi connectivity index (χ0v) is 20.1. The maximum Gasteiger partial charge on any atom is 0.248 e. The summed E-state index contributed by atoms with van der Waals surface area (Å²) in [7, 11) is 1.69. The van der Waals surface area contributed by atoms with E-state index < -0.39 is 24.4 Å². The van der Waals surface area contributed by atoms with Crippen LogP contribution in [0.1, 0.15) is 66.8 Å². The average molecular weight is 477 g/mol. The molecule has 0 spiro atoms. The van der Waals surface area contributed by atoms with Gasteiger partial charge in [0.15, 0.2) is 6.23 Å². The standard InChI is InChI=1S/C27H32N4O4/c1-16(28-2)24(32)30-22-14-15-35-27-20-12-6-5-11-19(20)23(31(27)26(22)34)25(33)29-21-13-7-9-17-8-3-4-10-18(17)21/h3-6,8,10-12,16,21-23,27-28H,7,9,13-15H2,1-2H3,(H,29,33)(H,30,32)/t16-,21+,22-,23?,27-/m0/s1. The van der Waals surface area contributed by atoms with Crippen molar-refractivity contribution in [1.82, 2.24) is 20.9 Å². The minimum Gasteiger partial charge on any atom is -0.354 e. The fourth-order valence-corrected chi connectivity index (χ4v) is 5.42. The van der Waals surface area contributed by atoms with Gasteiger partial charge < -0.3 is 20.7 Å². The predicted molar refractivity (Wildman–Crippen MR) is 130 cm³/mol. The van der Waals surface area contributed by atoms with Crippen LogP contribution >= 0.6 is 0 Å². The summed E-state index contributed by atoms with van der Waals surface area (Å²) in [4.78, 5) is 41.7. The van der Waals surface area contributed by atoms with Crippen LogP contribution in [0.2, 0.25) is 0 Å². The Hall–Kier alpha value is -3.23. The molecule has 2 heterocycles. The van der Waals surface area contributed by atoms with Crippen molar-refractivity contribution in [2.45, 2.75) is 63.0 Å². The van der Waals surface area contributed by atoms with Gasteiger partial charge >= 0.3 is 0 Å². The number of hydrogen-bond donors (Lipinski definition) is 3. The summed E-state index contributed by atoms with van der Waals surface area (Å²) in [5.41, 5.74) is 3.98. The Morgan fingerprint density at radius 2 is 1.69 bits per heavy atom. The zero-order chi connectivity index (χ0) is 24.5. The fourth-order valence-electron chi connectivity index (χ4n) is 5.42. The molecule has 0 radical (unpaired) electrons. The molecule has 3 amide bonds. The number of carbonyl (C=O) groups is 3. The van der Waals surface area contributed by atoms with E-state index >= 15 is 0 Å². The molecule has 0 bridgehead atoms. The lowest BCUT2D eigenvalue weighted by atomic mass is 9.87. The molecule has 35 heavy (non-hydrogen) atoms. The lowest BCUT2D eigenvalue weighted by Crippen LogP contribution is -2.53. The number of likely N-dealkylation sites (N-methyl/N-ethyl adjacent to an activating group) is 1. The van der Waals surface area contributed by atoms with Crippen LogP contribution in [0.25, 0.3) is 0 Å². The minimum atomic E-state index is -0.822. The number of rotatable bonds is 5. The third kappa shape index (κ3) is 4.32. The van der Waals surface area contributed by atoms with E-state index in [9.17, 15) is 14.4 Å². The second-order valence-electron chi connectivity index (χ2n) is 9.51. The van der Waals surface area contributed by atoms with Gasteiger partial charge in [0, 0.05) is 12.0 Å². The van der Waals surface area contributed by atoms with Crippen LogP contribution in [-0.4, -0.2) is 48.4 Å². The Morgan fingerprint density at radius 1 is 0.971 bits per heavy atom. The molecule has 8 nitrogen and oxygen atoms in total. The first-order valence-corrected chi connectivity index (χ1v) is 12.4. The summed E-state index contributed by atoms with van der Waals surface area (Å²) in [5.74, 6) is -0.792. The Bertz CT molecular complexity index is 1140. The highest BCUT2D eigenvalue weighted by molar-refractivity contribution is 5.95. The first-order chi connectivity index (χ1) is 17.0. The summed E-state index contributed by atoms with van der Waals surface area (Å²) in [6, 6.07) is 13.6. The second kappa shape index (κ2) is 9.79. The van der Waals surface area contributed by atoms with Crippen molar-refractivity contribution < 1.29 is 19.1 Å². The van der Waals surface area contributed by atoms with Crippen molar-refractivity contribution in [3.05, 3.63) is 70.8 Å². The van der Waals surface area contributed by atoms with Crippen molar-refractivity contribution in [3.8, 4) is 0 Å². The molecule has 5 rings (SSSR count). The Labute approximate surface area is 205 Å². The highest BCUT2D eigenvalue weighted by atomic mass is 16.5. The molecule has 2 aromatic rings. The SMILES string of the molecule is CN[C@@H](C)C(=O)N[C@H]1CCO[C@H]2c3ccccc3C(C(=O)N[C@@H]3CCCc4ccccc43)N2C1=O. The third-order valence-electron chi connectivity index (χ3n) is 7.40. The lowest BCUT2D eigenvalue weighted by Gasteiger charge is -2.32. The Balaban J connectivity index is 1.44. The van der Waals surface area contributed by atoms with Crippen LogP contribution in [0.15, 0.2) is 48.5 Å². The topological polar surface area (TPSA) is 99.8 Å². The highest BCUT2D eigenvalue weighted by Crippen LogP contribution is 2.45. The van der Waals surface area contributed by atoms with Gasteiger partial charge in [0.05, 0.1) is 18.7 Å². The molecule has 5 atom stereocenters. The van der Waals surface area contributed by atoms with Gasteiger partial charge in [0.1, 0.15) is 12.1 Å². The highest BCUT2D eigenvalue weighted by Gasteiger charge is 2.49. The molecular formula is C27H32N4O4. The van der Waals surface area contributed by atoms with Crippen molar-refractivity contribution in [2.75, 3.05) is 13.7 Å². The van der Waals surface area contributed by atoms with E-state index in [1.54, 1.807) is 14.0 Å². The van der Waals surface area contributed by atoms with Gasteiger partial charge in [0.25, 0.3) is 0 Å². The number of ether oxygens (including phenoxy) is 1. The fraction of sp³-hybridized carbons (Fsp3) is 0.444. The van der Waals surface area contributed by atoms with Crippen LogP contribution in [0.5, 0.6) is 0 Å². The van der Waals surface area contributed by atoms with Crippen LogP contribution in [0.4, 0.5) is 0 Å². The lowest BCUT2D eigenvalue weighted by molar-refractivity contribution is -0.153. The van der Waals surface area contributed by atoms with E-state index in [0.717, 1.165) is 36.0 Å². The quantitative estimate of drug-likeness (QED) is 0.615. The average Bonchev–Trinajstić information content (AvgIpc) is 3.13. The van der Waals surface area contributed by atoms with Gasteiger partial charge in [-0.15, -0.1) is 0 Å². The van der Waals surface area contributed by atoms with Crippen molar-refractivity contribution in [3.63, 3.8) is 0 Å². The minimum absolute atomic E-state index is 0.103. The van der Waals surface area contributed by atoms with Crippen LogP contribution in [0, 0.1) is 0 Å². The number of fused-ring (bicyclic) bond motifs is 4. The first kappa shape index (κ1) is 23.5. The van der Waals surface area contributed by atoms with Gasteiger partial charge in [0.2, 0.25) is 17.7 Å². The van der Waals surface area contributed by atoms with E-state index in [2.05, 4.69) is 28.1 Å². The smallest absolute Gasteiger partial charge is 0.248 e. The van der Waals surface area contributed by atoms with Crippen molar-refractivity contribution >= 4 is 17.7 Å². The van der Waals surface area contributed by atoms with E-state index in [1.807, 2.05) is 36.4 Å². The zero-order valence-electron chi connectivity index (χ0n) is 20.1. The van der Waals surface area contributed by atoms with Gasteiger partial charge in [-0.1, -0.05) is 48.5 Å². The van der Waals surface area contributed by atoms with Crippen LogP contribution in [0.3, 0.4) is 0 Å². The molecule has 2 aromatic carbocycles. The second-order valence-corrected chi connectivity index (χ2v) is 9.51. The molecule has 3 aliphatic rings. The third-order valence-corrected chi connectivity index (χ3v) is 7.40. The molecule has 0 aromatic heterocycles. The summed E-state index contributed by atoms with van der Waals surface area (Å²) in [5, 5.41) is 8.97. The summed E-state index contributed by atoms with van der Waals surface area (Å²) >= 11 is 0. The number of nitrogens with one attached hydrogen (secondary N) is 3. The molecule has 184 valence electrons. The van der Waals surface area contributed by atoms with E-state index in [0.29, 0.717) is 13.0 Å². The molecule has 1 unspecified atom stereocenters. The number of nitrogens with zero attached hydrogens (tertiary/aromatic N) is 1. The van der Waals surface area contributed by atoms with E-state index in [1.165, 1.54) is 10.5 Å². The predicted octanol–water partition coefficient (Wildman–Crippen LogP) is 2.28. The first-order valence-electron chi connectivity index (χ1n) is 12.4. The molecular weight excluding hydrogens is 444 g/mol. The van der Waals surface area contributed by atoms with Gasteiger partial charge in [-0.05, 0) is 49.9 Å². The molecule has 0 saturated carbocycles. The van der Waals surface area contributed by atoms with Crippen LogP contribution in [-0.2, 0) is 25.5 Å². The molecule has 1 fully saturated rings. The largest absolute Gasteiger partial charge is 0.354 e. The van der Waals surface area contributed by atoms with Gasteiger partial charge in [-0.3, -0.25) is 19.3 Å². The van der Waals surface area contributed by atoms with Gasteiger partial charge in [-0.2, -0.15) is 0 Å². The number of amides is 3. The Morgan fingerprint density at radius 3 is 2.46 bits per heavy atom. The van der Waals surface area contributed by atoms with Crippen molar-refractivity contribution in [2.24, 2.45) is 0 Å². The summed E-state index contributed by atoms with van der Waals surface area (Å²) in [6.45, 7) is 2.03. The van der Waals surface area contributed by atoms with Crippen LogP contribution < -0.4 is 16.0 Å². The molecule has 8 heteroatoms. The molecule has 3 N–H and O–H groups in total. The number of benzene rings is 2. The van der Waals surface area contributed by atoms with E-state index in [-0.39, 0.29) is 23.8 Å². The van der Waals surface area contributed by atoms with E-state index in [4.69, 9.17) is 4.74 Å². The Kier molecular flexibility index (Phi) is 6.58. The number of aryl methyl sites for hydroxylation is 1. The number of carbonyl (C=O) groups excluding carboxylic acids is 3.